The van der Waals surface area contributed by atoms with E-state index in [1.54, 1.807) is 18.4 Å². The molecule has 0 spiro atoms. The molecule has 3 N–H and O–H groups in total. The summed E-state index contributed by atoms with van der Waals surface area (Å²) in [5.74, 6) is 0.777. The fraction of sp³-hybridized carbons (Fsp3) is 0.222. The first-order valence-corrected chi connectivity index (χ1v) is 8.19. The summed E-state index contributed by atoms with van der Waals surface area (Å²) in [4.78, 5) is 5.26. The largest absolute Gasteiger partial charge is 0.497 e. The monoisotopic (exact) mass is 329 g/mol. The zero-order valence-electron chi connectivity index (χ0n) is 12.8. The van der Waals surface area contributed by atoms with Crippen LogP contribution in [0.3, 0.4) is 0 Å². The number of methoxy groups -OCH3 is 1. The summed E-state index contributed by atoms with van der Waals surface area (Å²) in [6.07, 6.45) is 0.135. The molecule has 2 heterocycles. The molecule has 3 rings (SSSR count). The molecule has 0 radical (unpaired) electrons. The molecular weight excluding hydrogens is 310 g/mol. The summed E-state index contributed by atoms with van der Waals surface area (Å²) in [6.45, 7) is 0.0197. The fourth-order valence-electron chi connectivity index (χ4n) is 2.46. The third-order valence-corrected chi connectivity index (χ3v) is 4.86. The van der Waals surface area contributed by atoms with E-state index >= 15 is 0 Å². The SMILES string of the molecule is COc1ccc(C(O)c2ccc(Cc3ccc(CO)[nH]3)s2)cc1. The van der Waals surface area contributed by atoms with Crippen LogP contribution in [0.15, 0.2) is 48.5 Å². The Labute approximate surface area is 139 Å². The number of aromatic amines is 1. The second kappa shape index (κ2) is 7.00. The second-order valence-corrected chi connectivity index (χ2v) is 6.52. The first-order valence-electron chi connectivity index (χ1n) is 7.38. The number of H-pyrrole nitrogens is 1. The van der Waals surface area contributed by atoms with Gasteiger partial charge in [-0.15, -0.1) is 11.3 Å². The van der Waals surface area contributed by atoms with Crippen molar-refractivity contribution in [2.75, 3.05) is 7.11 Å². The number of benzene rings is 1. The van der Waals surface area contributed by atoms with Crippen LogP contribution in [0.4, 0.5) is 0 Å². The van der Waals surface area contributed by atoms with Crippen molar-refractivity contribution in [3.63, 3.8) is 0 Å². The maximum atomic E-state index is 10.5. The third kappa shape index (κ3) is 3.64. The number of aromatic nitrogens is 1. The summed E-state index contributed by atoms with van der Waals surface area (Å²) >= 11 is 1.59. The first-order chi connectivity index (χ1) is 11.2. The average molecular weight is 329 g/mol. The van der Waals surface area contributed by atoms with Crippen LogP contribution in [-0.2, 0) is 13.0 Å². The van der Waals surface area contributed by atoms with E-state index in [4.69, 9.17) is 9.84 Å². The highest BCUT2D eigenvalue weighted by atomic mass is 32.1. The molecule has 120 valence electrons. The van der Waals surface area contributed by atoms with Crippen molar-refractivity contribution in [3.05, 3.63) is 75.2 Å². The normalized spacial score (nSPS) is 12.3. The minimum atomic E-state index is -0.628. The molecule has 23 heavy (non-hydrogen) atoms. The number of ether oxygens (including phenoxy) is 1. The maximum Gasteiger partial charge on any atom is 0.118 e. The van der Waals surface area contributed by atoms with E-state index in [9.17, 15) is 5.11 Å². The van der Waals surface area contributed by atoms with Crippen molar-refractivity contribution in [3.8, 4) is 5.75 Å². The highest BCUT2D eigenvalue weighted by Crippen LogP contribution is 2.30. The van der Waals surface area contributed by atoms with Gasteiger partial charge in [-0.1, -0.05) is 12.1 Å². The molecule has 4 nitrogen and oxygen atoms in total. The predicted molar refractivity (Wildman–Crippen MR) is 90.9 cm³/mol. The minimum absolute atomic E-state index is 0.0197. The van der Waals surface area contributed by atoms with Gasteiger partial charge in [-0.2, -0.15) is 0 Å². The van der Waals surface area contributed by atoms with Gasteiger partial charge in [-0.3, -0.25) is 0 Å². The lowest BCUT2D eigenvalue weighted by atomic mass is 10.1. The lowest BCUT2D eigenvalue weighted by molar-refractivity contribution is 0.224. The van der Waals surface area contributed by atoms with Crippen molar-refractivity contribution in [2.45, 2.75) is 19.1 Å². The molecule has 3 aromatic rings. The number of nitrogens with one attached hydrogen (secondary N) is 1. The standard InChI is InChI=1S/C18H19NO3S/c1-22-15-6-2-12(3-7-15)18(21)17-9-8-16(23-17)10-13-4-5-14(11-20)19-13/h2-9,18-21H,10-11H2,1H3. The van der Waals surface area contributed by atoms with Gasteiger partial charge >= 0.3 is 0 Å². The smallest absolute Gasteiger partial charge is 0.118 e. The van der Waals surface area contributed by atoms with E-state index in [1.807, 2.05) is 48.5 Å². The molecule has 0 saturated heterocycles. The Morgan fingerprint density at radius 3 is 2.43 bits per heavy atom. The van der Waals surface area contributed by atoms with Crippen molar-refractivity contribution >= 4 is 11.3 Å². The Kier molecular flexibility index (Phi) is 4.81. The zero-order valence-corrected chi connectivity index (χ0v) is 13.6. The number of rotatable bonds is 6. The predicted octanol–water partition coefficient (Wildman–Crippen LogP) is 3.25. The Morgan fingerprint density at radius 2 is 1.78 bits per heavy atom. The van der Waals surface area contributed by atoms with E-state index < -0.39 is 6.10 Å². The molecule has 0 aliphatic rings. The molecule has 2 aromatic heterocycles. The van der Waals surface area contributed by atoms with Gasteiger partial charge in [0.05, 0.1) is 13.7 Å². The van der Waals surface area contributed by atoms with E-state index in [0.717, 1.165) is 34.0 Å². The van der Waals surface area contributed by atoms with Gasteiger partial charge in [0.15, 0.2) is 0 Å². The maximum absolute atomic E-state index is 10.5. The Bertz CT molecular complexity index is 761. The highest BCUT2D eigenvalue weighted by Gasteiger charge is 2.13. The van der Waals surface area contributed by atoms with Crippen LogP contribution in [0.25, 0.3) is 0 Å². The van der Waals surface area contributed by atoms with Gasteiger partial charge in [0.1, 0.15) is 11.9 Å². The molecule has 0 amide bonds. The Morgan fingerprint density at radius 1 is 1.04 bits per heavy atom. The average Bonchev–Trinajstić information content (AvgIpc) is 3.24. The third-order valence-electron chi connectivity index (χ3n) is 3.73. The summed E-state index contributed by atoms with van der Waals surface area (Å²) in [7, 11) is 1.62. The van der Waals surface area contributed by atoms with Gasteiger partial charge in [-0.25, -0.2) is 0 Å². The fourth-order valence-corrected chi connectivity index (χ4v) is 3.51. The molecule has 1 aromatic carbocycles. The molecule has 0 aliphatic carbocycles. The minimum Gasteiger partial charge on any atom is -0.497 e. The van der Waals surface area contributed by atoms with Gasteiger partial charge in [0.25, 0.3) is 0 Å². The number of thiophene rings is 1. The van der Waals surface area contributed by atoms with Crippen molar-refractivity contribution in [2.24, 2.45) is 0 Å². The van der Waals surface area contributed by atoms with E-state index in [0.29, 0.717) is 0 Å². The van der Waals surface area contributed by atoms with Crippen LogP contribution in [0.2, 0.25) is 0 Å². The molecular formula is C18H19NO3S. The van der Waals surface area contributed by atoms with Gasteiger partial charge in [0.2, 0.25) is 0 Å². The quantitative estimate of drug-likeness (QED) is 0.650. The van der Waals surface area contributed by atoms with Crippen LogP contribution >= 0.6 is 11.3 Å². The second-order valence-electron chi connectivity index (χ2n) is 5.32. The molecule has 0 fully saturated rings. The van der Waals surface area contributed by atoms with Gasteiger partial charge in [-0.05, 0) is 42.0 Å². The molecule has 1 atom stereocenters. The van der Waals surface area contributed by atoms with Crippen LogP contribution in [0.1, 0.15) is 32.8 Å². The summed E-state index contributed by atoms with van der Waals surface area (Å²) < 4.78 is 5.14. The summed E-state index contributed by atoms with van der Waals surface area (Å²) in [5, 5.41) is 19.6. The number of aliphatic hydroxyl groups excluding tert-OH is 2. The van der Waals surface area contributed by atoms with Crippen LogP contribution in [-0.4, -0.2) is 22.3 Å². The lowest BCUT2D eigenvalue weighted by Crippen LogP contribution is -1.96. The van der Waals surface area contributed by atoms with Crippen molar-refractivity contribution in [1.82, 2.24) is 4.98 Å². The van der Waals surface area contributed by atoms with Crippen molar-refractivity contribution < 1.29 is 14.9 Å². The molecule has 1 unspecified atom stereocenters. The summed E-state index contributed by atoms with van der Waals surface area (Å²) in [6, 6.07) is 15.3. The van der Waals surface area contributed by atoms with E-state index in [-0.39, 0.29) is 6.61 Å². The lowest BCUT2D eigenvalue weighted by Gasteiger charge is -2.09. The Hall–Kier alpha value is -2.08. The molecule has 0 aliphatic heterocycles. The number of hydrogen-bond donors (Lipinski definition) is 3. The number of hydrogen-bond acceptors (Lipinski definition) is 4. The van der Waals surface area contributed by atoms with E-state index in [2.05, 4.69) is 4.98 Å². The van der Waals surface area contributed by atoms with Crippen LogP contribution < -0.4 is 4.74 Å². The zero-order chi connectivity index (χ0) is 16.2. The van der Waals surface area contributed by atoms with Crippen LogP contribution in [0, 0.1) is 0 Å². The van der Waals surface area contributed by atoms with Gasteiger partial charge < -0.3 is 19.9 Å². The van der Waals surface area contributed by atoms with Crippen molar-refractivity contribution in [1.29, 1.82) is 0 Å². The summed E-state index contributed by atoms with van der Waals surface area (Å²) in [5.41, 5.74) is 2.72. The highest BCUT2D eigenvalue weighted by molar-refractivity contribution is 7.12. The Balaban J connectivity index is 1.72. The topological polar surface area (TPSA) is 65.5 Å². The number of aliphatic hydroxyl groups is 2. The first kappa shape index (κ1) is 15.8. The van der Waals surface area contributed by atoms with Crippen LogP contribution in [0.5, 0.6) is 5.75 Å². The molecule has 0 saturated carbocycles. The van der Waals surface area contributed by atoms with Gasteiger partial charge in [0, 0.05) is 27.6 Å². The van der Waals surface area contributed by atoms with E-state index in [1.165, 1.54) is 4.88 Å². The molecule has 5 heteroatoms. The molecule has 0 bridgehead atoms.